The topological polar surface area (TPSA) is 86.9 Å². The molecule has 0 radical (unpaired) electrons. The third-order valence-electron chi connectivity index (χ3n) is 5.29. The van der Waals surface area contributed by atoms with Crippen LogP contribution in [0.4, 0.5) is 5.69 Å². The van der Waals surface area contributed by atoms with Crippen LogP contribution in [0.15, 0.2) is 24.3 Å². The zero-order valence-corrected chi connectivity index (χ0v) is 14.4. The highest BCUT2D eigenvalue weighted by molar-refractivity contribution is 5.94. The van der Waals surface area contributed by atoms with Crippen molar-refractivity contribution in [1.29, 1.82) is 0 Å². The van der Waals surface area contributed by atoms with Crippen molar-refractivity contribution in [2.75, 3.05) is 32.7 Å². The number of carbonyl (C=O) groups is 1. The van der Waals surface area contributed by atoms with Crippen LogP contribution in [0.25, 0.3) is 0 Å². The molecule has 1 aromatic rings. The molecule has 0 aromatic heterocycles. The molecule has 1 aromatic carbocycles. The molecule has 7 nitrogen and oxygen atoms in total. The summed E-state index contributed by atoms with van der Waals surface area (Å²) in [6.07, 6.45) is 5.13. The predicted molar refractivity (Wildman–Crippen MR) is 93.5 cm³/mol. The first kappa shape index (κ1) is 17.8. The minimum Gasteiger partial charge on any atom is -0.389 e. The Balaban J connectivity index is 1.53. The van der Waals surface area contributed by atoms with Gasteiger partial charge in [-0.25, -0.2) is 0 Å². The highest BCUT2D eigenvalue weighted by atomic mass is 16.6. The fourth-order valence-corrected chi connectivity index (χ4v) is 3.80. The van der Waals surface area contributed by atoms with Crippen molar-refractivity contribution < 1.29 is 14.8 Å². The summed E-state index contributed by atoms with van der Waals surface area (Å²) in [4.78, 5) is 26.8. The summed E-state index contributed by atoms with van der Waals surface area (Å²) < 4.78 is 0. The molecule has 2 aliphatic rings. The first-order chi connectivity index (χ1) is 12.0. The molecule has 1 amide bonds. The van der Waals surface area contributed by atoms with E-state index in [1.54, 1.807) is 4.90 Å². The van der Waals surface area contributed by atoms with Gasteiger partial charge in [0.2, 0.25) is 0 Å². The number of rotatable bonds is 4. The minimum atomic E-state index is -0.567. The molecule has 1 aliphatic carbocycles. The number of hydrogen-bond donors (Lipinski definition) is 1. The molecule has 1 saturated carbocycles. The summed E-state index contributed by atoms with van der Waals surface area (Å²) in [5.41, 5.74) is -0.102. The second-order valence-corrected chi connectivity index (χ2v) is 7.16. The van der Waals surface area contributed by atoms with E-state index in [1.165, 1.54) is 30.7 Å². The van der Waals surface area contributed by atoms with Gasteiger partial charge in [-0.1, -0.05) is 19.3 Å². The molecule has 3 rings (SSSR count). The number of aliphatic hydroxyl groups is 1. The van der Waals surface area contributed by atoms with Gasteiger partial charge in [0.25, 0.3) is 11.6 Å². The molecule has 136 valence electrons. The van der Waals surface area contributed by atoms with E-state index in [0.29, 0.717) is 25.2 Å². The molecule has 1 saturated heterocycles. The van der Waals surface area contributed by atoms with E-state index in [0.717, 1.165) is 38.8 Å². The maximum Gasteiger partial charge on any atom is 0.269 e. The molecule has 7 heteroatoms. The largest absolute Gasteiger partial charge is 0.389 e. The SMILES string of the molecule is O=C(c1ccc([N+](=O)[O-])cc1)N1CCN(CC2(O)CCCCC2)CC1. The van der Waals surface area contributed by atoms with Crippen LogP contribution >= 0.6 is 0 Å². The molecular weight excluding hydrogens is 322 g/mol. The molecule has 1 N–H and O–H groups in total. The lowest BCUT2D eigenvalue weighted by atomic mass is 9.84. The van der Waals surface area contributed by atoms with Crippen LogP contribution in [0.1, 0.15) is 42.5 Å². The van der Waals surface area contributed by atoms with Crippen molar-refractivity contribution in [3.63, 3.8) is 0 Å². The quantitative estimate of drug-likeness (QED) is 0.665. The van der Waals surface area contributed by atoms with Gasteiger partial charge in [0.1, 0.15) is 0 Å². The number of nitro benzene ring substituents is 1. The van der Waals surface area contributed by atoms with Gasteiger partial charge in [-0.3, -0.25) is 19.8 Å². The van der Waals surface area contributed by atoms with E-state index in [1.807, 2.05) is 0 Å². The Morgan fingerprint density at radius 1 is 1.08 bits per heavy atom. The Kier molecular flexibility index (Phi) is 5.34. The Hall–Kier alpha value is -1.99. The van der Waals surface area contributed by atoms with Crippen LogP contribution in [-0.2, 0) is 0 Å². The van der Waals surface area contributed by atoms with Gasteiger partial charge in [-0.05, 0) is 25.0 Å². The van der Waals surface area contributed by atoms with E-state index in [-0.39, 0.29) is 11.6 Å². The average molecular weight is 347 g/mol. The average Bonchev–Trinajstić information content (AvgIpc) is 2.62. The summed E-state index contributed by atoms with van der Waals surface area (Å²) >= 11 is 0. The maximum absolute atomic E-state index is 12.5. The van der Waals surface area contributed by atoms with Gasteiger partial charge in [-0.15, -0.1) is 0 Å². The standard InChI is InChI=1S/C18H25N3O4/c22-17(15-4-6-16(7-5-15)21(24)25)20-12-10-19(11-13-20)14-18(23)8-2-1-3-9-18/h4-7,23H,1-3,8-14H2. The van der Waals surface area contributed by atoms with Crippen molar-refractivity contribution in [1.82, 2.24) is 9.80 Å². The van der Waals surface area contributed by atoms with Gasteiger partial charge in [0, 0.05) is 50.4 Å². The van der Waals surface area contributed by atoms with Crippen molar-refractivity contribution in [2.24, 2.45) is 0 Å². The van der Waals surface area contributed by atoms with Crippen LogP contribution in [0.2, 0.25) is 0 Å². The lowest BCUT2D eigenvalue weighted by Crippen LogP contribution is -2.53. The number of piperazine rings is 1. The normalized spacial score (nSPS) is 21.1. The number of nitrogens with zero attached hydrogens (tertiary/aromatic N) is 3. The van der Waals surface area contributed by atoms with Crippen LogP contribution in [0.3, 0.4) is 0 Å². The van der Waals surface area contributed by atoms with E-state index in [2.05, 4.69) is 4.90 Å². The Labute approximate surface area is 147 Å². The van der Waals surface area contributed by atoms with Crippen molar-refractivity contribution in [3.8, 4) is 0 Å². The van der Waals surface area contributed by atoms with E-state index in [9.17, 15) is 20.0 Å². The molecular formula is C18H25N3O4. The van der Waals surface area contributed by atoms with Crippen molar-refractivity contribution in [3.05, 3.63) is 39.9 Å². The third kappa shape index (κ3) is 4.35. The van der Waals surface area contributed by atoms with E-state index < -0.39 is 10.5 Å². The molecule has 0 spiro atoms. The summed E-state index contributed by atoms with van der Waals surface area (Å²) in [5, 5.41) is 21.4. The molecule has 2 fully saturated rings. The Morgan fingerprint density at radius 3 is 2.24 bits per heavy atom. The van der Waals surface area contributed by atoms with E-state index in [4.69, 9.17) is 0 Å². The van der Waals surface area contributed by atoms with Crippen molar-refractivity contribution in [2.45, 2.75) is 37.7 Å². The lowest BCUT2D eigenvalue weighted by molar-refractivity contribution is -0.384. The zero-order valence-electron chi connectivity index (χ0n) is 14.4. The van der Waals surface area contributed by atoms with Gasteiger partial charge in [0.05, 0.1) is 10.5 Å². The zero-order chi connectivity index (χ0) is 17.9. The summed E-state index contributed by atoms with van der Waals surface area (Å²) in [6, 6.07) is 5.75. The number of nitro groups is 1. The Bertz CT molecular complexity index is 618. The second kappa shape index (κ2) is 7.49. The highest BCUT2D eigenvalue weighted by Crippen LogP contribution is 2.29. The van der Waals surface area contributed by atoms with Gasteiger partial charge < -0.3 is 10.0 Å². The van der Waals surface area contributed by atoms with Crippen LogP contribution in [-0.4, -0.2) is 64.1 Å². The van der Waals surface area contributed by atoms with Gasteiger partial charge >= 0.3 is 0 Å². The molecule has 0 unspecified atom stereocenters. The fraction of sp³-hybridized carbons (Fsp3) is 0.611. The van der Waals surface area contributed by atoms with Gasteiger partial charge in [0.15, 0.2) is 0 Å². The third-order valence-corrected chi connectivity index (χ3v) is 5.29. The number of amides is 1. The fourth-order valence-electron chi connectivity index (χ4n) is 3.80. The molecule has 0 bridgehead atoms. The van der Waals surface area contributed by atoms with Gasteiger partial charge in [-0.2, -0.15) is 0 Å². The first-order valence-corrected chi connectivity index (χ1v) is 8.95. The lowest BCUT2D eigenvalue weighted by Gasteiger charge is -2.41. The van der Waals surface area contributed by atoms with Crippen molar-refractivity contribution >= 4 is 11.6 Å². The Morgan fingerprint density at radius 2 is 1.68 bits per heavy atom. The van der Waals surface area contributed by atoms with Crippen LogP contribution < -0.4 is 0 Å². The van der Waals surface area contributed by atoms with Crippen LogP contribution in [0.5, 0.6) is 0 Å². The minimum absolute atomic E-state index is 0.0119. The first-order valence-electron chi connectivity index (χ1n) is 8.95. The van der Waals surface area contributed by atoms with Crippen LogP contribution in [0, 0.1) is 10.1 Å². The molecule has 1 aliphatic heterocycles. The predicted octanol–water partition coefficient (Wildman–Crippen LogP) is 2.05. The summed E-state index contributed by atoms with van der Waals surface area (Å²) in [6.45, 7) is 3.42. The number of hydrogen-bond acceptors (Lipinski definition) is 5. The molecule has 0 atom stereocenters. The highest BCUT2D eigenvalue weighted by Gasteiger charge is 2.33. The molecule has 1 heterocycles. The molecule has 25 heavy (non-hydrogen) atoms. The number of β-amino-alcohol motifs (C(OH)–C–C–N with tert-alkyl or cyclic N) is 1. The van der Waals surface area contributed by atoms with E-state index >= 15 is 0 Å². The smallest absolute Gasteiger partial charge is 0.269 e. The summed E-state index contributed by atoms with van der Waals surface area (Å²) in [5.74, 6) is -0.0917. The maximum atomic E-state index is 12.5. The number of carbonyl (C=O) groups excluding carboxylic acids is 1. The second-order valence-electron chi connectivity index (χ2n) is 7.16. The number of benzene rings is 1. The summed E-state index contributed by atoms with van der Waals surface area (Å²) in [7, 11) is 0. The monoisotopic (exact) mass is 347 g/mol. The number of non-ortho nitro benzene ring substituents is 1.